The maximum atomic E-state index is 12.4. The normalized spacial score (nSPS) is 22.5. The Labute approximate surface area is 163 Å². The number of halogens is 1. The minimum Gasteiger partial charge on any atom is -0.350 e. The van der Waals surface area contributed by atoms with Gasteiger partial charge in [0.2, 0.25) is 0 Å². The summed E-state index contributed by atoms with van der Waals surface area (Å²) in [5, 5.41) is 3.16. The Morgan fingerprint density at radius 1 is 1.00 bits per heavy atom. The summed E-state index contributed by atoms with van der Waals surface area (Å²) in [7, 11) is 4.27. The summed E-state index contributed by atoms with van der Waals surface area (Å²) < 4.78 is 0. The van der Waals surface area contributed by atoms with E-state index in [2.05, 4.69) is 54.6 Å². The monoisotopic (exact) mass is 372 g/mol. The van der Waals surface area contributed by atoms with E-state index in [4.69, 9.17) is 0 Å². The lowest BCUT2D eigenvalue weighted by molar-refractivity contribution is 0.0769. The number of likely N-dealkylation sites (N-methyl/N-ethyl adjacent to an activating group) is 1. The van der Waals surface area contributed by atoms with Crippen LogP contribution in [0.1, 0.15) is 47.5 Å². The van der Waals surface area contributed by atoms with Gasteiger partial charge in [-0.1, -0.05) is 48.5 Å². The van der Waals surface area contributed by atoms with E-state index in [0.717, 1.165) is 18.4 Å². The SMILES string of the molecule is CN(C)C1(CNC(=O)c2ccccc2)CCC(c2ccccc2)CC1.Cl. The number of rotatable bonds is 5. The van der Waals surface area contributed by atoms with Gasteiger partial charge in [-0.25, -0.2) is 0 Å². The van der Waals surface area contributed by atoms with Crippen LogP contribution in [0.25, 0.3) is 0 Å². The van der Waals surface area contributed by atoms with Gasteiger partial charge in [0.25, 0.3) is 5.91 Å². The van der Waals surface area contributed by atoms with Gasteiger partial charge in [0.15, 0.2) is 0 Å². The Hall–Kier alpha value is -1.84. The van der Waals surface area contributed by atoms with Gasteiger partial charge in [0, 0.05) is 17.6 Å². The average Bonchev–Trinajstić information content (AvgIpc) is 2.68. The van der Waals surface area contributed by atoms with Gasteiger partial charge in [-0.05, 0) is 63.4 Å². The third-order valence-electron chi connectivity index (χ3n) is 5.75. The summed E-state index contributed by atoms with van der Waals surface area (Å²) in [6.07, 6.45) is 4.55. The molecule has 0 aromatic heterocycles. The molecule has 1 aliphatic carbocycles. The lowest BCUT2D eigenvalue weighted by atomic mass is 9.73. The third kappa shape index (κ3) is 4.66. The summed E-state index contributed by atoms with van der Waals surface area (Å²) in [5.41, 5.74) is 2.23. The predicted octanol–water partition coefficient (Wildman–Crippen LogP) is 4.50. The highest BCUT2D eigenvalue weighted by atomic mass is 35.5. The molecule has 1 fully saturated rings. The van der Waals surface area contributed by atoms with Crippen LogP contribution in [0.4, 0.5) is 0 Å². The lowest BCUT2D eigenvalue weighted by Gasteiger charge is -2.45. The maximum Gasteiger partial charge on any atom is 0.251 e. The molecule has 0 atom stereocenters. The quantitative estimate of drug-likeness (QED) is 0.838. The number of carbonyl (C=O) groups is 1. The standard InChI is InChI=1S/C22H28N2O.ClH/c1-24(2)22(17-23-21(25)20-11-7-4-8-12-20)15-13-19(14-16-22)18-9-5-3-6-10-18;/h3-12,19H,13-17H2,1-2H3,(H,23,25);1H. The second kappa shape index (κ2) is 9.20. The molecule has 1 saturated carbocycles. The molecule has 26 heavy (non-hydrogen) atoms. The molecule has 1 aliphatic rings. The summed E-state index contributed by atoms with van der Waals surface area (Å²) in [5.74, 6) is 0.658. The summed E-state index contributed by atoms with van der Waals surface area (Å²) in [4.78, 5) is 14.7. The van der Waals surface area contributed by atoms with E-state index in [1.54, 1.807) is 0 Å². The van der Waals surface area contributed by atoms with E-state index >= 15 is 0 Å². The zero-order chi connectivity index (χ0) is 17.7. The molecule has 3 rings (SSSR count). The first kappa shape index (κ1) is 20.5. The van der Waals surface area contributed by atoms with E-state index in [1.807, 2.05) is 30.3 Å². The largest absolute Gasteiger partial charge is 0.350 e. The Bertz CT molecular complexity index is 680. The maximum absolute atomic E-state index is 12.4. The van der Waals surface area contributed by atoms with Crippen molar-refractivity contribution in [1.29, 1.82) is 0 Å². The molecule has 140 valence electrons. The fraction of sp³-hybridized carbons (Fsp3) is 0.409. The van der Waals surface area contributed by atoms with Crippen molar-refractivity contribution >= 4 is 18.3 Å². The molecule has 0 unspecified atom stereocenters. The highest BCUT2D eigenvalue weighted by Gasteiger charge is 2.37. The zero-order valence-electron chi connectivity index (χ0n) is 15.7. The van der Waals surface area contributed by atoms with E-state index in [0.29, 0.717) is 12.5 Å². The minimum atomic E-state index is 0. The first-order valence-corrected chi connectivity index (χ1v) is 9.16. The van der Waals surface area contributed by atoms with Crippen molar-refractivity contribution in [2.45, 2.75) is 37.1 Å². The van der Waals surface area contributed by atoms with E-state index in [-0.39, 0.29) is 23.9 Å². The van der Waals surface area contributed by atoms with E-state index in [9.17, 15) is 4.79 Å². The number of amides is 1. The van der Waals surface area contributed by atoms with Crippen LogP contribution < -0.4 is 5.32 Å². The predicted molar refractivity (Wildman–Crippen MR) is 110 cm³/mol. The van der Waals surface area contributed by atoms with Crippen molar-refractivity contribution < 1.29 is 4.79 Å². The third-order valence-corrected chi connectivity index (χ3v) is 5.75. The fourth-order valence-electron chi connectivity index (χ4n) is 3.93. The highest BCUT2D eigenvalue weighted by molar-refractivity contribution is 5.94. The first-order valence-electron chi connectivity index (χ1n) is 9.16. The highest BCUT2D eigenvalue weighted by Crippen LogP contribution is 2.40. The van der Waals surface area contributed by atoms with Crippen LogP contribution in [0, 0.1) is 0 Å². The second-order valence-corrected chi connectivity index (χ2v) is 7.35. The van der Waals surface area contributed by atoms with Gasteiger partial charge >= 0.3 is 0 Å². The molecule has 3 nitrogen and oxygen atoms in total. The molecule has 2 aromatic rings. The molecular formula is C22H29ClN2O. The van der Waals surface area contributed by atoms with Crippen LogP contribution in [0.3, 0.4) is 0 Å². The van der Waals surface area contributed by atoms with Crippen molar-refractivity contribution in [3.05, 3.63) is 71.8 Å². The Morgan fingerprint density at radius 3 is 2.08 bits per heavy atom. The van der Waals surface area contributed by atoms with Gasteiger partial charge in [0.1, 0.15) is 0 Å². The van der Waals surface area contributed by atoms with Crippen molar-refractivity contribution in [1.82, 2.24) is 10.2 Å². The Morgan fingerprint density at radius 2 is 1.54 bits per heavy atom. The molecule has 0 radical (unpaired) electrons. The first-order chi connectivity index (χ1) is 12.1. The second-order valence-electron chi connectivity index (χ2n) is 7.35. The molecule has 2 aromatic carbocycles. The molecule has 0 spiro atoms. The molecular weight excluding hydrogens is 344 g/mol. The molecule has 1 N–H and O–H groups in total. The van der Waals surface area contributed by atoms with Crippen molar-refractivity contribution in [2.75, 3.05) is 20.6 Å². The number of nitrogens with one attached hydrogen (secondary N) is 1. The minimum absolute atomic E-state index is 0. The van der Waals surface area contributed by atoms with E-state index in [1.165, 1.54) is 18.4 Å². The van der Waals surface area contributed by atoms with Crippen molar-refractivity contribution in [3.8, 4) is 0 Å². The summed E-state index contributed by atoms with van der Waals surface area (Å²) in [6.45, 7) is 0.704. The van der Waals surface area contributed by atoms with Gasteiger partial charge in [-0.2, -0.15) is 0 Å². The molecule has 0 bridgehead atoms. The van der Waals surface area contributed by atoms with E-state index < -0.39 is 0 Å². The number of carbonyl (C=O) groups excluding carboxylic acids is 1. The lowest BCUT2D eigenvalue weighted by Crippen LogP contribution is -2.54. The van der Waals surface area contributed by atoms with Crippen LogP contribution in [0.2, 0.25) is 0 Å². The molecule has 0 heterocycles. The van der Waals surface area contributed by atoms with Crippen molar-refractivity contribution in [3.63, 3.8) is 0 Å². The number of hydrogen-bond acceptors (Lipinski definition) is 2. The van der Waals surface area contributed by atoms with Gasteiger partial charge in [-0.15, -0.1) is 12.4 Å². The Balaban J connectivity index is 0.00000243. The topological polar surface area (TPSA) is 32.3 Å². The molecule has 0 saturated heterocycles. The van der Waals surface area contributed by atoms with Crippen LogP contribution in [-0.2, 0) is 0 Å². The number of benzene rings is 2. The van der Waals surface area contributed by atoms with Crippen LogP contribution in [0.5, 0.6) is 0 Å². The number of nitrogens with zero attached hydrogens (tertiary/aromatic N) is 1. The van der Waals surface area contributed by atoms with Gasteiger partial charge in [0.05, 0.1) is 0 Å². The van der Waals surface area contributed by atoms with Crippen LogP contribution in [0.15, 0.2) is 60.7 Å². The van der Waals surface area contributed by atoms with Gasteiger partial charge < -0.3 is 10.2 Å². The molecule has 4 heteroatoms. The Kier molecular flexibility index (Phi) is 7.24. The molecule has 1 amide bonds. The smallest absolute Gasteiger partial charge is 0.251 e. The average molecular weight is 373 g/mol. The summed E-state index contributed by atoms with van der Waals surface area (Å²) in [6, 6.07) is 20.3. The fourth-order valence-corrected chi connectivity index (χ4v) is 3.93. The van der Waals surface area contributed by atoms with Crippen LogP contribution in [-0.4, -0.2) is 37.0 Å². The summed E-state index contributed by atoms with van der Waals surface area (Å²) >= 11 is 0. The van der Waals surface area contributed by atoms with Crippen LogP contribution >= 0.6 is 12.4 Å². The zero-order valence-corrected chi connectivity index (χ0v) is 16.5. The van der Waals surface area contributed by atoms with Crippen molar-refractivity contribution in [2.24, 2.45) is 0 Å². The van der Waals surface area contributed by atoms with Gasteiger partial charge in [-0.3, -0.25) is 4.79 Å². The molecule has 0 aliphatic heterocycles. The number of hydrogen-bond donors (Lipinski definition) is 1.